The van der Waals surface area contributed by atoms with Crippen molar-refractivity contribution < 1.29 is 9.53 Å². The summed E-state index contributed by atoms with van der Waals surface area (Å²) in [5, 5.41) is 2.67. The molecule has 0 atom stereocenters. The molecule has 6 nitrogen and oxygen atoms in total. The number of ether oxygens (including phenoxy) is 1. The Balaban J connectivity index is 1.99. The number of pyridine rings is 1. The summed E-state index contributed by atoms with van der Waals surface area (Å²) in [6, 6.07) is 10.3. The Hall–Kier alpha value is -3.15. The Bertz CT molecular complexity index is 975. The number of carbonyl (C=O) groups excluding carboxylic acids is 1. The summed E-state index contributed by atoms with van der Waals surface area (Å²) in [4.78, 5) is 29.4. The van der Waals surface area contributed by atoms with Gasteiger partial charge in [-0.2, -0.15) is 0 Å². The van der Waals surface area contributed by atoms with Gasteiger partial charge in [-0.05, 0) is 49.7 Å². The lowest BCUT2D eigenvalue weighted by atomic mass is 10.2. The van der Waals surface area contributed by atoms with Gasteiger partial charge in [-0.3, -0.25) is 14.0 Å². The number of benzene rings is 1. The fourth-order valence-corrected chi connectivity index (χ4v) is 2.43. The zero-order chi connectivity index (χ0) is 17.3. The van der Waals surface area contributed by atoms with Gasteiger partial charge in [-0.1, -0.05) is 6.07 Å². The van der Waals surface area contributed by atoms with E-state index in [1.165, 1.54) is 4.40 Å². The summed E-state index contributed by atoms with van der Waals surface area (Å²) in [7, 11) is 1.56. The van der Waals surface area contributed by atoms with Gasteiger partial charge >= 0.3 is 0 Å². The second-order valence-electron chi connectivity index (χ2n) is 5.49. The number of carbonyl (C=O) groups is 1. The quantitative estimate of drug-likeness (QED) is 0.804. The maximum atomic E-state index is 12.7. The molecule has 1 amide bonds. The van der Waals surface area contributed by atoms with Gasteiger partial charge in [0.2, 0.25) is 0 Å². The molecule has 24 heavy (non-hydrogen) atoms. The first-order chi connectivity index (χ1) is 11.5. The Morgan fingerprint density at radius 2 is 1.83 bits per heavy atom. The predicted molar refractivity (Wildman–Crippen MR) is 91.9 cm³/mol. The van der Waals surface area contributed by atoms with Crippen molar-refractivity contribution in [3.63, 3.8) is 0 Å². The second kappa shape index (κ2) is 6.16. The Morgan fingerprint density at radius 1 is 1.12 bits per heavy atom. The molecule has 0 fully saturated rings. The van der Waals surface area contributed by atoms with Crippen LogP contribution in [0.15, 0.2) is 47.4 Å². The van der Waals surface area contributed by atoms with Crippen LogP contribution in [0.2, 0.25) is 0 Å². The van der Waals surface area contributed by atoms with Crippen molar-refractivity contribution in [3.05, 3.63) is 69.8 Å². The van der Waals surface area contributed by atoms with E-state index in [0.29, 0.717) is 22.7 Å². The van der Waals surface area contributed by atoms with E-state index < -0.39 is 0 Å². The number of aryl methyl sites for hydroxylation is 2. The van der Waals surface area contributed by atoms with Gasteiger partial charge in [-0.25, -0.2) is 4.98 Å². The Morgan fingerprint density at radius 3 is 2.50 bits per heavy atom. The van der Waals surface area contributed by atoms with Gasteiger partial charge in [-0.15, -0.1) is 0 Å². The van der Waals surface area contributed by atoms with Crippen LogP contribution in [0, 0.1) is 13.8 Å². The minimum atomic E-state index is -0.368. The molecule has 2 heterocycles. The van der Waals surface area contributed by atoms with E-state index in [1.807, 2.05) is 13.0 Å². The Kier molecular flexibility index (Phi) is 4.04. The van der Waals surface area contributed by atoms with Crippen molar-refractivity contribution in [1.82, 2.24) is 9.38 Å². The number of methoxy groups -OCH3 is 1. The molecule has 0 aliphatic carbocycles. The lowest BCUT2D eigenvalue weighted by molar-refractivity contribution is 0.102. The third-order valence-electron chi connectivity index (χ3n) is 3.74. The molecular weight excluding hydrogens is 306 g/mol. The average Bonchev–Trinajstić information content (AvgIpc) is 2.59. The molecule has 3 rings (SSSR count). The van der Waals surface area contributed by atoms with Gasteiger partial charge in [0.05, 0.1) is 12.8 Å². The van der Waals surface area contributed by atoms with E-state index in [2.05, 4.69) is 10.3 Å². The molecule has 3 aromatic rings. The highest BCUT2D eigenvalue weighted by Crippen LogP contribution is 2.14. The van der Waals surface area contributed by atoms with Gasteiger partial charge < -0.3 is 10.1 Å². The maximum absolute atomic E-state index is 12.7. The fraction of sp³-hybridized carbons (Fsp3) is 0.167. The van der Waals surface area contributed by atoms with E-state index >= 15 is 0 Å². The molecule has 1 aromatic carbocycles. The molecule has 0 saturated heterocycles. The summed E-state index contributed by atoms with van der Waals surface area (Å²) in [5.74, 6) is 0.290. The van der Waals surface area contributed by atoms with Crippen LogP contribution in [0.1, 0.15) is 21.6 Å². The van der Waals surface area contributed by atoms with E-state index in [4.69, 9.17) is 4.74 Å². The Labute approximate surface area is 138 Å². The largest absolute Gasteiger partial charge is 0.497 e. The standard InChI is InChI=1S/C18H17N3O3/c1-11-4-9-15-19-12(2)16(18(23)21(15)10-11)20-17(22)13-5-7-14(24-3)8-6-13/h4-10H,1-3H3,(H,20,22). The van der Waals surface area contributed by atoms with Gasteiger partial charge in [0, 0.05) is 11.8 Å². The van der Waals surface area contributed by atoms with Crippen molar-refractivity contribution in [2.45, 2.75) is 13.8 Å². The number of anilines is 1. The first kappa shape index (κ1) is 15.7. The minimum absolute atomic E-state index is 0.180. The summed E-state index contributed by atoms with van der Waals surface area (Å²) in [5.41, 5.74) is 2.27. The minimum Gasteiger partial charge on any atom is -0.497 e. The zero-order valence-electron chi connectivity index (χ0n) is 13.7. The van der Waals surface area contributed by atoms with Crippen molar-refractivity contribution in [1.29, 1.82) is 0 Å². The molecule has 0 unspecified atom stereocenters. The topological polar surface area (TPSA) is 72.7 Å². The predicted octanol–water partition coefficient (Wildman–Crippen LogP) is 2.57. The van der Waals surface area contributed by atoms with Crippen molar-refractivity contribution in [2.75, 3.05) is 12.4 Å². The summed E-state index contributed by atoms with van der Waals surface area (Å²) < 4.78 is 6.51. The molecule has 1 N–H and O–H groups in total. The molecule has 0 radical (unpaired) electrons. The van der Waals surface area contributed by atoms with Crippen molar-refractivity contribution in [2.24, 2.45) is 0 Å². The van der Waals surface area contributed by atoms with E-state index in [0.717, 1.165) is 5.56 Å². The highest BCUT2D eigenvalue weighted by Gasteiger charge is 2.14. The monoisotopic (exact) mass is 323 g/mol. The SMILES string of the molecule is COc1ccc(C(=O)Nc2c(C)nc3ccc(C)cn3c2=O)cc1. The van der Waals surface area contributed by atoms with Crippen molar-refractivity contribution >= 4 is 17.2 Å². The summed E-state index contributed by atoms with van der Waals surface area (Å²) in [6.45, 7) is 3.59. The van der Waals surface area contributed by atoms with Crippen LogP contribution in [-0.2, 0) is 0 Å². The third-order valence-corrected chi connectivity index (χ3v) is 3.74. The highest BCUT2D eigenvalue weighted by molar-refractivity contribution is 6.04. The molecule has 0 aliphatic rings. The molecular formula is C18H17N3O3. The molecule has 122 valence electrons. The van der Waals surface area contributed by atoms with E-state index in [9.17, 15) is 9.59 Å². The number of fused-ring (bicyclic) bond motifs is 1. The van der Waals surface area contributed by atoms with Crippen LogP contribution in [0.25, 0.3) is 5.65 Å². The normalized spacial score (nSPS) is 10.6. The number of nitrogens with one attached hydrogen (secondary N) is 1. The second-order valence-corrected chi connectivity index (χ2v) is 5.49. The zero-order valence-corrected chi connectivity index (χ0v) is 13.7. The molecule has 2 aromatic heterocycles. The van der Waals surface area contributed by atoms with Crippen LogP contribution in [-0.4, -0.2) is 22.4 Å². The molecule has 0 saturated carbocycles. The van der Waals surface area contributed by atoms with Gasteiger partial charge in [0.15, 0.2) is 0 Å². The van der Waals surface area contributed by atoms with Crippen LogP contribution < -0.4 is 15.6 Å². The van der Waals surface area contributed by atoms with Crippen LogP contribution >= 0.6 is 0 Å². The van der Waals surface area contributed by atoms with Crippen LogP contribution in [0.3, 0.4) is 0 Å². The van der Waals surface area contributed by atoms with Gasteiger partial charge in [0.1, 0.15) is 17.1 Å². The van der Waals surface area contributed by atoms with Gasteiger partial charge in [0.25, 0.3) is 11.5 Å². The lowest BCUT2D eigenvalue weighted by Gasteiger charge is -2.10. The first-order valence-corrected chi connectivity index (χ1v) is 7.44. The average molecular weight is 323 g/mol. The molecule has 0 bridgehead atoms. The number of amides is 1. The first-order valence-electron chi connectivity index (χ1n) is 7.44. The molecule has 0 spiro atoms. The fourth-order valence-electron chi connectivity index (χ4n) is 2.43. The van der Waals surface area contributed by atoms with E-state index in [-0.39, 0.29) is 17.2 Å². The summed E-state index contributed by atoms with van der Waals surface area (Å²) in [6.07, 6.45) is 1.70. The lowest BCUT2D eigenvalue weighted by Crippen LogP contribution is -2.25. The molecule has 0 aliphatic heterocycles. The summed E-state index contributed by atoms with van der Waals surface area (Å²) >= 11 is 0. The van der Waals surface area contributed by atoms with Crippen molar-refractivity contribution in [3.8, 4) is 5.75 Å². The number of rotatable bonds is 3. The van der Waals surface area contributed by atoms with Crippen LogP contribution in [0.4, 0.5) is 5.69 Å². The number of hydrogen-bond acceptors (Lipinski definition) is 4. The number of aromatic nitrogens is 2. The number of hydrogen-bond donors (Lipinski definition) is 1. The van der Waals surface area contributed by atoms with E-state index in [1.54, 1.807) is 50.6 Å². The smallest absolute Gasteiger partial charge is 0.281 e. The number of nitrogens with zero attached hydrogens (tertiary/aromatic N) is 2. The molecule has 6 heteroatoms. The highest BCUT2D eigenvalue weighted by atomic mass is 16.5. The van der Waals surface area contributed by atoms with Crippen LogP contribution in [0.5, 0.6) is 5.75 Å². The maximum Gasteiger partial charge on any atom is 0.281 e. The third kappa shape index (κ3) is 2.86.